The molecule has 0 bridgehead atoms. The first-order valence-electron chi connectivity index (χ1n) is 4.74. The molecule has 0 fully saturated rings. The maximum Gasteiger partial charge on any atom is 0.338 e. The van der Waals surface area contributed by atoms with E-state index in [-0.39, 0.29) is 5.97 Å². The van der Waals surface area contributed by atoms with Gasteiger partial charge in [-0.15, -0.1) is 0 Å². The molecule has 0 aromatic heterocycles. The predicted molar refractivity (Wildman–Crippen MR) is 56.7 cm³/mol. The molecule has 72 valence electrons. The van der Waals surface area contributed by atoms with Crippen molar-refractivity contribution in [3.05, 3.63) is 35.4 Å². The van der Waals surface area contributed by atoms with E-state index < -0.39 is 0 Å². The lowest BCUT2D eigenvalue weighted by atomic mass is 9.94. The number of hydrogen-bond acceptors (Lipinski definition) is 2. The monoisotopic (exact) mass is 188 g/mol. The molecule has 0 spiro atoms. The lowest BCUT2D eigenvalue weighted by Gasteiger charge is -2.07. The van der Waals surface area contributed by atoms with Crippen molar-refractivity contribution in [3.8, 4) is 0 Å². The van der Waals surface area contributed by atoms with Gasteiger partial charge in [-0.25, -0.2) is 4.79 Å². The van der Waals surface area contributed by atoms with Gasteiger partial charge in [-0.1, -0.05) is 24.5 Å². The quantitative estimate of drug-likeness (QED) is 0.533. The fraction of sp³-hybridized carbons (Fsp3) is 0.364. The van der Waals surface area contributed by atoms with Crippen molar-refractivity contribution in [3.63, 3.8) is 0 Å². The number of benzene rings is 1. The van der Waals surface area contributed by atoms with Gasteiger partial charge in [-0.3, -0.25) is 0 Å². The Hall–Kier alpha value is -1.25. The Morgan fingerprint density at radius 3 is 2.79 bits per heavy atom. The summed E-state index contributed by atoms with van der Waals surface area (Å²) in [7, 11) is 5.45. The standard InChI is InChI=1S/C11H13BO2/c1-2-14-11(13)10-6-4-3-5-9(10)7-8-12/h3-6H,2,7-8H2,1H3. The van der Waals surface area contributed by atoms with Gasteiger partial charge in [0.25, 0.3) is 0 Å². The molecule has 14 heavy (non-hydrogen) atoms. The molecule has 3 heteroatoms. The van der Waals surface area contributed by atoms with Gasteiger partial charge in [0.1, 0.15) is 0 Å². The number of rotatable bonds is 4. The molecule has 2 nitrogen and oxygen atoms in total. The first kappa shape index (κ1) is 10.8. The van der Waals surface area contributed by atoms with Gasteiger partial charge in [-0.2, -0.15) is 0 Å². The fourth-order valence-electron chi connectivity index (χ4n) is 1.30. The Kier molecular flexibility index (Phi) is 4.24. The van der Waals surface area contributed by atoms with Crippen LogP contribution in [0.1, 0.15) is 22.8 Å². The average molecular weight is 188 g/mol. The first-order valence-corrected chi connectivity index (χ1v) is 4.74. The predicted octanol–water partition coefficient (Wildman–Crippen LogP) is 1.99. The number of carbonyl (C=O) groups is 1. The van der Waals surface area contributed by atoms with Crippen LogP contribution in [0.4, 0.5) is 0 Å². The normalized spacial score (nSPS) is 9.79. The maximum absolute atomic E-state index is 11.5. The van der Waals surface area contributed by atoms with Crippen LogP contribution in [0.5, 0.6) is 0 Å². The Morgan fingerprint density at radius 2 is 2.14 bits per heavy atom. The smallest absolute Gasteiger partial charge is 0.338 e. The van der Waals surface area contributed by atoms with Crippen LogP contribution in [0.15, 0.2) is 24.3 Å². The summed E-state index contributed by atoms with van der Waals surface area (Å²) in [6.45, 7) is 2.19. The number of carbonyl (C=O) groups excluding carboxylic acids is 1. The second kappa shape index (κ2) is 5.48. The number of esters is 1. The number of ether oxygens (including phenoxy) is 1. The van der Waals surface area contributed by atoms with Crippen LogP contribution < -0.4 is 0 Å². The highest BCUT2D eigenvalue weighted by Crippen LogP contribution is 2.12. The minimum atomic E-state index is -0.267. The van der Waals surface area contributed by atoms with E-state index in [9.17, 15) is 4.79 Å². The van der Waals surface area contributed by atoms with E-state index in [1.165, 1.54) is 0 Å². The molecule has 0 amide bonds. The molecule has 0 atom stereocenters. The molecule has 0 aliphatic carbocycles. The van der Waals surface area contributed by atoms with Crippen molar-refractivity contribution in [2.45, 2.75) is 19.7 Å². The molecule has 1 aromatic rings. The molecule has 1 rings (SSSR count). The lowest BCUT2D eigenvalue weighted by Crippen LogP contribution is -2.07. The van der Waals surface area contributed by atoms with Gasteiger partial charge < -0.3 is 4.74 Å². The van der Waals surface area contributed by atoms with E-state index in [4.69, 9.17) is 12.6 Å². The minimum absolute atomic E-state index is 0.267. The molecule has 0 saturated heterocycles. The molecular formula is C11H13BO2. The Bertz CT molecular complexity index is 310. The Balaban J connectivity index is 2.88. The van der Waals surface area contributed by atoms with Crippen LogP contribution in [0, 0.1) is 0 Å². The Morgan fingerprint density at radius 1 is 1.43 bits per heavy atom. The second-order valence-electron chi connectivity index (χ2n) is 2.92. The van der Waals surface area contributed by atoms with Crippen LogP contribution >= 0.6 is 0 Å². The third-order valence-corrected chi connectivity index (χ3v) is 1.93. The van der Waals surface area contributed by atoms with Crippen LogP contribution in [0.2, 0.25) is 6.32 Å². The van der Waals surface area contributed by atoms with Crippen molar-refractivity contribution in [1.82, 2.24) is 0 Å². The van der Waals surface area contributed by atoms with Gasteiger partial charge in [0.15, 0.2) is 0 Å². The number of hydrogen-bond donors (Lipinski definition) is 0. The van der Waals surface area contributed by atoms with Gasteiger partial charge in [-0.05, 0) is 25.0 Å². The summed E-state index contributed by atoms with van der Waals surface area (Å²) in [5.41, 5.74) is 1.58. The zero-order valence-corrected chi connectivity index (χ0v) is 8.32. The summed E-state index contributed by atoms with van der Waals surface area (Å²) in [6.07, 6.45) is 1.24. The lowest BCUT2D eigenvalue weighted by molar-refractivity contribution is 0.0525. The summed E-state index contributed by atoms with van der Waals surface area (Å²) in [5, 5.41) is 0. The van der Waals surface area contributed by atoms with Crippen molar-refractivity contribution in [2.75, 3.05) is 6.61 Å². The molecule has 0 unspecified atom stereocenters. The van der Waals surface area contributed by atoms with E-state index >= 15 is 0 Å². The van der Waals surface area contributed by atoms with Crippen molar-refractivity contribution in [1.29, 1.82) is 0 Å². The highest BCUT2D eigenvalue weighted by Gasteiger charge is 2.10. The molecule has 2 radical (unpaired) electrons. The molecular weight excluding hydrogens is 175 g/mol. The van der Waals surface area contributed by atoms with Crippen molar-refractivity contribution < 1.29 is 9.53 Å². The first-order chi connectivity index (χ1) is 6.79. The van der Waals surface area contributed by atoms with Gasteiger partial charge >= 0.3 is 5.97 Å². The molecule has 0 aliphatic heterocycles. The van der Waals surface area contributed by atoms with Crippen LogP contribution in [0.25, 0.3) is 0 Å². The molecule has 0 aliphatic rings. The highest BCUT2D eigenvalue weighted by molar-refractivity contribution is 6.08. The summed E-state index contributed by atoms with van der Waals surface area (Å²) in [6, 6.07) is 7.39. The van der Waals surface area contributed by atoms with Gasteiger partial charge in [0, 0.05) is 0 Å². The fourth-order valence-corrected chi connectivity index (χ4v) is 1.30. The summed E-state index contributed by atoms with van der Waals surface area (Å²) >= 11 is 0. The number of aryl methyl sites for hydroxylation is 1. The van der Waals surface area contributed by atoms with Crippen LogP contribution in [0.3, 0.4) is 0 Å². The topological polar surface area (TPSA) is 26.3 Å². The zero-order chi connectivity index (χ0) is 10.4. The minimum Gasteiger partial charge on any atom is -0.462 e. The van der Waals surface area contributed by atoms with Gasteiger partial charge in [0.2, 0.25) is 0 Å². The second-order valence-corrected chi connectivity index (χ2v) is 2.92. The summed E-state index contributed by atoms with van der Waals surface area (Å²) in [4.78, 5) is 11.5. The molecule has 1 aromatic carbocycles. The molecule has 0 heterocycles. The van der Waals surface area contributed by atoms with Crippen LogP contribution in [-0.2, 0) is 11.2 Å². The van der Waals surface area contributed by atoms with Crippen molar-refractivity contribution >= 4 is 13.8 Å². The summed E-state index contributed by atoms with van der Waals surface area (Å²) < 4.78 is 4.94. The van der Waals surface area contributed by atoms with E-state index in [0.717, 1.165) is 5.56 Å². The van der Waals surface area contributed by atoms with E-state index in [2.05, 4.69) is 0 Å². The van der Waals surface area contributed by atoms with E-state index in [0.29, 0.717) is 24.9 Å². The average Bonchev–Trinajstić information content (AvgIpc) is 2.19. The molecule has 0 saturated carbocycles. The maximum atomic E-state index is 11.5. The summed E-state index contributed by atoms with van der Waals surface area (Å²) in [5.74, 6) is -0.267. The van der Waals surface area contributed by atoms with E-state index in [1.54, 1.807) is 13.0 Å². The highest BCUT2D eigenvalue weighted by atomic mass is 16.5. The third-order valence-electron chi connectivity index (χ3n) is 1.93. The Labute approximate surface area is 85.7 Å². The third kappa shape index (κ3) is 2.62. The van der Waals surface area contributed by atoms with Gasteiger partial charge in [0.05, 0.1) is 20.0 Å². The van der Waals surface area contributed by atoms with E-state index in [1.807, 2.05) is 18.2 Å². The zero-order valence-electron chi connectivity index (χ0n) is 8.32. The largest absolute Gasteiger partial charge is 0.462 e. The molecule has 0 N–H and O–H groups in total. The van der Waals surface area contributed by atoms with Crippen molar-refractivity contribution in [2.24, 2.45) is 0 Å². The van der Waals surface area contributed by atoms with Crippen LogP contribution in [-0.4, -0.2) is 20.4 Å². The SMILES string of the molecule is [B]CCc1ccccc1C(=O)OCC.